The van der Waals surface area contributed by atoms with Gasteiger partial charge in [0.15, 0.2) is 5.82 Å². The van der Waals surface area contributed by atoms with Gasteiger partial charge in [-0.25, -0.2) is 0 Å². The van der Waals surface area contributed by atoms with E-state index in [2.05, 4.69) is 22.1 Å². The van der Waals surface area contributed by atoms with Gasteiger partial charge < -0.3 is 14.5 Å². The van der Waals surface area contributed by atoms with Crippen LogP contribution >= 0.6 is 0 Å². The molecule has 0 amide bonds. The van der Waals surface area contributed by atoms with Gasteiger partial charge in [-0.15, -0.1) is 0 Å². The SMILES string of the molecule is CN1CCCCC1Cc1noc(CC(=O)O)n1. The van der Waals surface area contributed by atoms with E-state index in [4.69, 9.17) is 9.63 Å². The number of carboxylic acid groups (broad SMARTS) is 1. The molecule has 94 valence electrons. The number of nitrogens with zero attached hydrogens (tertiary/aromatic N) is 3. The Morgan fingerprint density at radius 1 is 1.59 bits per heavy atom. The lowest BCUT2D eigenvalue weighted by atomic mass is 10.00. The van der Waals surface area contributed by atoms with Crippen LogP contribution in [0.1, 0.15) is 31.0 Å². The standard InChI is InChI=1S/C11H17N3O3/c1-14-5-3-2-4-8(14)6-9-12-10(17-13-9)7-11(15)16/h8H,2-7H2,1H3,(H,15,16). The number of carboxylic acids is 1. The third-order valence-electron chi connectivity index (χ3n) is 3.15. The fourth-order valence-electron chi connectivity index (χ4n) is 2.19. The fraction of sp³-hybridized carbons (Fsp3) is 0.727. The number of aliphatic carboxylic acids is 1. The first-order valence-corrected chi connectivity index (χ1v) is 5.88. The molecule has 1 aliphatic heterocycles. The lowest BCUT2D eigenvalue weighted by Gasteiger charge is -2.31. The van der Waals surface area contributed by atoms with Crippen molar-refractivity contribution in [1.82, 2.24) is 15.0 Å². The fourth-order valence-corrected chi connectivity index (χ4v) is 2.19. The molecule has 17 heavy (non-hydrogen) atoms. The second-order valence-electron chi connectivity index (χ2n) is 4.51. The maximum atomic E-state index is 10.5. The summed E-state index contributed by atoms with van der Waals surface area (Å²) < 4.78 is 4.89. The van der Waals surface area contributed by atoms with Gasteiger partial charge in [0.05, 0.1) is 0 Å². The average Bonchev–Trinajstić information content (AvgIpc) is 2.68. The van der Waals surface area contributed by atoms with Crippen LogP contribution < -0.4 is 0 Å². The minimum absolute atomic E-state index is 0.186. The van der Waals surface area contributed by atoms with E-state index < -0.39 is 5.97 Å². The number of likely N-dealkylation sites (N-methyl/N-ethyl adjacent to an activating group) is 1. The van der Waals surface area contributed by atoms with Crippen LogP contribution in [0.4, 0.5) is 0 Å². The summed E-state index contributed by atoms with van der Waals surface area (Å²) in [6.45, 7) is 1.10. The van der Waals surface area contributed by atoms with Crippen molar-refractivity contribution in [3.8, 4) is 0 Å². The summed E-state index contributed by atoms with van der Waals surface area (Å²) in [6.07, 6.45) is 4.14. The summed E-state index contributed by atoms with van der Waals surface area (Å²) in [5, 5.41) is 12.4. The van der Waals surface area contributed by atoms with Crippen molar-refractivity contribution in [2.75, 3.05) is 13.6 Å². The van der Waals surface area contributed by atoms with Gasteiger partial charge in [0.2, 0.25) is 5.89 Å². The van der Waals surface area contributed by atoms with Gasteiger partial charge in [0.25, 0.3) is 0 Å². The number of likely N-dealkylation sites (tertiary alicyclic amines) is 1. The monoisotopic (exact) mass is 239 g/mol. The van der Waals surface area contributed by atoms with Crippen molar-refractivity contribution in [1.29, 1.82) is 0 Å². The molecule has 1 aromatic rings. The molecule has 1 saturated heterocycles. The highest BCUT2D eigenvalue weighted by molar-refractivity contribution is 5.68. The number of hydrogen-bond donors (Lipinski definition) is 1. The van der Waals surface area contributed by atoms with Crippen LogP contribution in [0.25, 0.3) is 0 Å². The molecule has 0 bridgehead atoms. The highest BCUT2D eigenvalue weighted by Gasteiger charge is 2.21. The van der Waals surface area contributed by atoms with E-state index in [1.54, 1.807) is 0 Å². The van der Waals surface area contributed by atoms with E-state index in [-0.39, 0.29) is 12.3 Å². The number of piperidine rings is 1. The van der Waals surface area contributed by atoms with Gasteiger partial charge in [0, 0.05) is 12.5 Å². The van der Waals surface area contributed by atoms with E-state index >= 15 is 0 Å². The predicted octanol–water partition coefficient (Wildman–Crippen LogP) is 0.724. The molecule has 0 aliphatic carbocycles. The van der Waals surface area contributed by atoms with E-state index in [9.17, 15) is 4.79 Å². The zero-order chi connectivity index (χ0) is 12.3. The van der Waals surface area contributed by atoms with Crippen LogP contribution in [0.5, 0.6) is 0 Å². The highest BCUT2D eigenvalue weighted by atomic mass is 16.5. The summed E-state index contributed by atoms with van der Waals surface area (Å²) in [7, 11) is 2.10. The molecule has 1 aromatic heterocycles. The van der Waals surface area contributed by atoms with Gasteiger partial charge in [-0.3, -0.25) is 4.79 Å². The van der Waals surface area contributed by atoms with E-state index in [0.717, 1.165) is 19.4 Å². The van der Waals surface area contributed by atoms with Gasteiger partial charge >= 0.3 is 5.97 Å². The molecule has 0 saturated carbocycles. The molecule has 2 heterocycles. The van der Waals surface area contributed by atoms with Crippen LogP contribution in [0.3, 0.4) is 0 Å². The van der Waals surface area contributed by atoms with Crippen molar-refractivity contribution < 1.29 is 14.4 Å². The third-order valence-corrected chi connectivity index (χ3v) is 3.15. The van der Waals surface area contributed by atoms with Crippen molar-refractivity contribution in [2.24, 2.45) is 0 Å². The largest absolute Gasteiger partial charge is 0.481 e. The van der Waals surface area contributed by atoms with Crippen LogP contribution in [0.15, 0.2) is 4.52 Å². The van der Waals surface area contributed by atoms with E-state index in [0.29, 0.717) is 11.9 Å². The Kier molecular flexibility index (Phi) is 3.73. The first-order chi connectivity index (χ1) is 8.15. The minimum atomic E-state index is -0.949. The Morgan fingerprint density at radius 2 is 2.41 bits per heavy atom. The molecule has 1 atom stereocenters. The van der Waals surface area contributed by atoms with Crippen LogP contribution in [0.2, 0.25) is 0 Å². The molecule has 6 nitrogen and oxygen atoms in total. The van der Waals surface area contributed by atoms with Gasteiger partial charge in [-0.1, -0.05) is 11.6 Å². The number of aromatic nitrogens is 2. The zero-order valence-electron chi connectivity index (χ0n) is 9.93. The summed E-state index contributed by atoms with van der Waals surface area (Å²) in [4.78, 5) is 16.9. The summed E-state index contributed by atoms with van der Waals surface area (Å²) in [5.74, 6) is -0.152. The average molecular weight is 239 g/mol. The van der Waals surface area contributed by atoms with Crippen molar-refractivity contribution in [2.45, 2.75) is 38.1 Å². The van der Waals surface area contributed by atoms with Gasteiger partial charge in [0.1, 0.15) is 6.42 Å². The quantitative estimate of drug-likeness (QED) is 0.834. The molecule has 2 rings (SSSR count). The van der Waals surface area contributed by atoms with E-state index in [1.165, 1.54) is 12.8 Å². The van der Waals surface area contributed by atoms with Crippen molar-refractivity contribution in [3.63, 3.8) is 0 Å². The van der Waals surface area contributed by atoms with Gasteiger partial charge in [-0.2, -0.15) is 4.98 Å². The molecule has 1 N–H and O–H groups in total. The Morgan fingerprint density at radius 3 is 3.12 bits per heavy atom. The van der Waals surface area contributed by atoms with Crippen LogP contribution in [-0.2, 0) is 17.6 Å². The molecule has 1 fully saturated rings. The molecular formula is C11H17N3O3. The molecule has 0 radical (unpaired) electrons. The normalized spacial score (nSPS) is 21.6. The smallest absolute Gasteiger partial charge is 0.312 e. The maximum absolute atomic E-state index is 10.5. The molecule has 0 spiro atoms. The first-order valence-electron chi connectivity index (χ1n) is 5.88. The first kappa shape index (κ1) is 12.0. The van der Waals surface area contributed by atoms with E-state index in [1.807, 2.05) is 0 Å². The zero-order valence-corrected chi connectivity index (χ0v) is 9.93. The van der Waals surface area contributed by atoms with Crippen LogP contribution in [0, 0.1) is 0 Å². The predicted molar refractivity (Wildman–Crippen MR) is 59.6 cm³/mol. The Balaban J connectivity index is 1.93. The highest BCUT2D eigenvalue weighted by Crippen LogP contribution is 2.17. The van der Waals surface area contributed by atoms with Crippen molar-refractivity contribution in [3.05, 3.63) is 11.7 Å². The lowest BCUT2D eigenvalue weighted by molar-refractivity contribution is -0.136. The number of hydrogen-bond acceptors (Lipinski definition) is 5. The maximum Gasteiger partial charge on any atom is 0.312 e. The topological polar surface area (TPSA) is 79.5 Å². The Labute approximate surface area is 99.6 Å². The molecule has 1 aliphatic rings. The molecular weight excluding hydrogens is 222 g/mol. The molecule has 0 aromatic carbocycles. The Hall–Kier alpha value is -1.43. The summed E-state index contributed by atoms with van der Waals surface area (Å²) in [5.41, 5.74) is 0. The molecule has 6 heteroatoms. The van der Waals surface area contributed by atoms with Crippen molar-refractivity contribution >= 4 is 5.97 Å². The lowest BCUT2D eigenvalue weighted by Crippen LogP contribution is -2.37. The second-order valence-corrected chi connectivity index (χ2v) is 4.51. The minimum Gasteiger partial charge on any atom is -0.481 e. The van der Waals surface area contributed by atoms with Gasteiger partial charge in [-0.05, 0) is 26.4 Å². The summed E-state index contributed by atoms with van der Waals surface area (Å²) >= 11 is 0. The summed E-state index contributed by atoms with van der Waals surface area (Å²) in [6, 6.07) is 0.444. The second kappa shape index (κ2) is 5.27. The number of carbonyl (C=O) groups is 1. The molecule has 1 unspecified atom stereocenters. The number of rotatable bonds is 4. The third kappa shape index (κ3) is 3.26. The van der Waals surface area contributed by atoms with Crippen LogP contribution in [-0.4, -0.2) is 45.8 Å². The Bertz CT molecular complexity index is 391.